The maximum Gasteiger partial charge on any atom is 0.145 e. The van der Waals surface area contributed by atoms with Gasteiger partial charge in [-0.25, -0.2) is 0 Å². The molecule has 2 rings (SSSR count). The molecule has 0 aromatic heterocycles. The van der Waals surface area contributed by atoms with E-state index in [0.29, 0.717) is 4.48 Å². The van der Waals surface area contributed by atoms with Crippen LogP contribution in [0.4, 0.5) is 5.69 Å². The maximum atomic E-state index is 10.7. The lowest BCUT2D eigenvalue weighted by molar-refractivity contribution is -0.304. The summed E-state index contributed by atoms with van der Waals surface area (Å²) in [6.45, 7) is 0. The van der Waals surface area contributed by atoms with Gasteiger partial charge in [0, 0.05) is 17.7 Å². The molecule has 1 aliphatic rings. The highest BCUT2D eigenvalue weighted by molar-refractivity contribution is 5.81. The fraction of sp³-hybridized carbons (Fsp3) is 0.308. The van der Waals surface area contributed by atoms with E-state index >= 15 is 0 Å². The Hall–Kier alpha value is -1.81. The van der Waals surface area contributed by atoms with E-state index in [9.17, 15) is 9.90 Å². The van der Waals surface area contributed by atoms with Crippen molar-refractivity contribution in [3.8, 4) is 5.75 Å². The predicted molar refractivity (Wildman–Crippen MR) is 64.2 cm³/mol. The Balaban J connectivity index is 2.45. The van der Waals surface area contributed by atoms with E-state index in [2.05, 4.69) is 0 Å². The van der Waals surface area contributed by atoms with Crippen LogP contribution < -0.4 is 14.3 Å². The number of carboxylic acids is 1. The first kappa shape index (κ1) is 11.7. The second-order valence-electron chi connectivity index (χ2n) is 4.56. The van der Waals surface area contributed by atoms with Gasteiger partial charge in [0.1, 0.15) is 17.1 Å². The summed E-state index contributed by atoms with van der Waals surface area (Å²) in [7, 11) is 5.54. The summed E-state index contributed by atoms with van der Waals surface area (Å²) in [6.07, 6.45) is 1.84. The number of quaternary nitrogens is 1. The van der Waals surface area contributed by atoms with Crippen LogP contribution in [0.15, 0.2) is 23.9 Å². The third kappa shape index (κ3) is 1.91. The third-order valence-corrected chi connectivity index (χ3v) is 3.20. The Labute approximate surface area is 100 Å². The standard InChI is InChI=1S/C13H15NO3/c1-14(2)10(8-13(15)16)6-9-7-11(17-3)4-5-12(9)14/h4-7H,8H2,1-3H3. The zero-order valence-corrected chi connectivity index (χ0v) is 10.2. The number of hydrogen-bond donors (Lipinski definition) is 0. The van der Waals surface area contributed by atoms with E-state index in [1.54, 1.807) is 7.11 Å². The van der Waals surface area contributed by atoms with Gasteiger partial charge in [0.2, 0.25) is 0 Å². The molecule has 0 saturated heterocycles. The third-order valence-electron chi connectivity index (χ3n) is 3.20. The number of benzene rings is 1. The molecule has 4 nitrogen and oxygen atoms in total. The SMILES string of the molecule is COc1ccc2c(c1)C=C(CC(=O)[O-])[N+]2(C)C. The molecule has 0 radical (unpaired) electrons. The highest BCUT2D eigenvalue weighted by Gasteiger charge is 2.33. The number of carbonyl (C=O) groups is 1. The number of carbonyl (C=O) groups excluding carboxylic acids is 1. The lowest BCUT2D eigenvalue weighted by Gasteiger charge is -2.28. The van der Waals surface area contributed by atoms with Crippen molar-refractivity contribution in [1.29, 1.82) is 0 Å². The molecular weight excluding hydrogens is 218 g/mol. The van der Waals surface area contributed by atoms with E-state index in [4.69, 9.17) is 4.74 Å². The van der Waals surface area contributed by atoms with Gasteiger partial charge in [-0.2, -0.15) is 0 Å². The molecule has 0 N–H and O–H groups in total. The van der Waals surface area contributed by atoms with Gasteiger partial charge in [0.15, 0.2) is 0 Å². The smallest absolute Gasteiger partial charge is 0.145 e. The zero-order valence-electron chi connectivity index (χ0n) is 10.2. The molecule has 4 heteroatoms. The van der Waals surface area contributed by atoms with Crippen LogP contribution in [0.2, 0.25) is 0 Å². The molecule has 0 atom stereocenters. The monoisotopic (exact) mass is 233 g/mol. The normalized spacial score (nSPS) is 16.3. The quantitative estimate of drug-likeness (QED) is 0.724. The topological polar surface area (TPSA) is 49.4 Å². The van der Waals surface area contributed by atoms with Crippen molar-refractivity contribution in [3.63, 3.8) is 0 Å². The summed E-state index contributed by atoms with van der Waals surface area (Å²) in [6, 6.07) is 5.76. The van der Waals surface area contributed by atoms with Crippen molar-refractivity contribution in [2.45, 2.75) is 6.42 Å². The van der Waals surface area contributed by atoms with Crippen molar-refractivity contribution in [3.05, 3.63) is 29.5 Å². The molecule has 1 aromatic carbocycles. The lowest BCUT2D eigenvalue weighted by atomic mass is 10.2. The first-order valence-corrected chi connectivity index (χ1v) is 5.38. The molecule has 0 unspecified atom stereocenters. The highest BCUT2D eigenvalue weighted by atomic mass is 16.5. The van der Waals surface area contributed by atoms with Gasteiger partial charge in [-0.3, -0.25) is 4.48 Å². The van der Waals surface area contributed by atoms with Gasteiger partial charge >= 0.3 is 0 Å². The molecule has 0 bridgehead atoms. The van der Waals surface area contributed by atoms with E-state index in [-0.39, 0.29) is 6.42 Å². The lowest BCUT2D eigenvalue weighted by Crippen LogP contribution is -2.39. The summed E-state index contributed by atoms with van der Waals surface area (Å²) < 4.78 is 5.61. The summed E-state index contributed by atoms with van der Waals surface area (Å²) in [5, 5.41) is 10.7. The van der Waals surface area contributed by atoms with Crippen LogP contribution in [0.25, 0.3) is 6.08 Å². The van der Waals surface area contributed by atoms with Crippen molar-refractivity contribution in [2.24, 2.45) is 0 Å². The van der Waals surface area contributed by atoms with Crippen molar-refractivity contribution in [1.82, 2.24) is 4.48 Å². The highest BCUT2D eigenvalue weighted by Crippen LogP contribution is 2.40. The van der Waals surface area contributed by atoms with E-state index < -0.39 is 5.97 Å². The summed E-state index contributed by atoms with van der Waals surface area (Å²) >= 11 is 0. The first-order chi connectivity index (χ1) is 7.95. The summed E-state index contributed by atoms with van der Waals surface area (Å²) in [5.74, 6) is -0.281. The van der Waals surface area contributed by atoms with Crippen LogP contribution >= 0.6 is 0 Å². The van der Waals surface area contributed by atoms with Crippen LogP contribution in [0.3, 0.4) is 0 Å². The molecule has 0 fully saturated rings. The van der Waals surface area contributed by atoms with Crippen LogP contribution in [0, 0.1) is 0 Å². The van der Waals surface area contributed by atoms with Crippen molar-refractivity contribution in [2.75, 3.05) is 21.2 Å². The minimum absolute atomic E-state index is 0.0516. The number of aliphatic carboxylic acids is 1. The molecule has 90 valence electrons. The van der Waals surface area contributed by atoms with Crippen LogP contribution in [-0.4, -0.2) is 27.2 Å². The molecule has 1 aromatic rings. The fourth-order valence-corrected chi connectivity index (χ4v) is 2.18. The number of methoxy groups -OCH3 is 1. The number of fused-ring (bicyclic) bond motifs is 1. The second kappa shape index (κ2) is 3.89. The maximum absolute atomic E-state index is 10.7. The van der Waals surface area contributed by atoms with Crippen LogP contribution in [-0.2, 0) is 4.79 Å². The summed E-state index contributed by atoms with van der Waals surface area (Å²) in [5.41, 5.74) is 2.89. The van der Waals surface area contributed by atoms with Gasteiger partial charge < -0.3 is 14.6 Å². The minimum Gasteiger partial charge on any atom is -0.550 e. The molecule has 0 spiro atoms. The van der Waals surface area contributed by atoms with Crippen molar-refractivity contribution < 1.29 is 14.6 Å². The molecule has 0 saturated carbocycles. The van der Waals surface area contributed by atoms with Gasteiger partial charge in [-0.05, 0) is 12.1 Å². The predicted octanol–water partition coefficient (Wildman–Crippen LogP) is 0.757. The van der Waals surface area contributed by atoms with Gasteiger partial charge in [-0.1, -0.05) is 0 Å². The van der Waals surface area contributed by atoms with Crippen LogP contribution in [0.5, 0.6) is 5.75 Å². The van der Waals surface area contributed by atoms with Gasteiger partial charge in [0.05, 0.1) is 33.6 Å². The fourth-order valence-electron chi connectivity index (χ4n) is 2.18. The van der Waals surface area contributed by atoms with Gasteiger partial charge in [-0.15, -0.1) is 0 Å². The van der Waals surface area contributed by atoms with E-state index in [1.807, 2.05) is 38.4 Å². The largest absolute Gasteiger partial charge is 0.550 e. The Morgan fingerprint density at radius 1 is 1.41 bits per heavy atom. The molecular formula is C13H15NO3. The van der Waals surface area contributed by atoms with Gasteiger partial charge in [0.25, 0.3) is 0 Å². The second-order valence-corrected chi connectivity index (χ2v) is 4.56. The van der Waals surface area contributed by atoms with Crippen LogP contribution in [0.1, 0.15) is 12.0 Å². The van der Waals surface area contributed by atoms with Crippen molar-refractivity contribution >= 4 is 17.7 Å². The number of ether oxygens (including phenoxy) is 1. The minimum atomic E-state index is -1.05. The Morgan fingerprint density at radius 3 is 2.71 bits per heavy atom. The molecule has 17 heavy (non-hydrogen) atoms. The Bertz CT molecular complexity index is 503. The summed E-state index contributed by atoms with van der Waals surface area (Å²) in [4.78, 5) is 10.7. The zero-order chi connectivity index (χ0) is 12.6. The average molecular weight is 233 g/mol. The Kier molecular flexibility index (Phi) is 2.67. The number of nitrogens with zero attached hydrogens (tertiary/aromatic N) is 1. The van der Waals surface area contributed by atoms with E-state index in [1.165, 1.54) is 0 Å². The molecule has 0 amide bonds. The average Bonchev–Trinajstić information content (AvgIpc) is 2.49. The number of rotatable bonds is 3. The van der Waals surface area contributed by atoms with E-state index in [0.717, 1.165) is 22.7 Å². The first-order valence-electron chi connectivity index (χ1n) is 5.38. The molecule has 0 aliphatic carbocycles. The molecule has 1 heterocycles. The number of carboxylic acid groups (broad SMARTS) is 1. The number of hydrogen-bond acceptors (Lipinski definition) is 3. The Morgan fingerprint density at radius 2 is 2.12 bits per heavy atom. The molecule has 1 aliphatic heterocycles.